The number of benzene rings is 2. The van der Waals surface area contributed by atoms with E-state index in [1.807, 2.05) is 6.07 Å². The van der Waals surface area contributed by atoms with Crippen LogP contribution in [0.1, 0.15) is 22.0 Å². The third kappa shape index (κ3) is 6.47. The van der Waals surface area contributed by atoms with Gasteiger partial charge in [-0.3, -0.25) is 9.52 Å². The monoisotopic (exact) mass is 493 g/mol. The van der Waals surface area contributed by atoms with Crippen LogP contribution in [-0.2, 0) is 14.8 Å². The molecule has 2 aromatic carbocycles. The summed E-state index contributed by atoms with van der Waals surface area (Å²) in [5, 5.41) is 7.00. The number of carbonyl (C=O) groups excluding carboxylic acids is 1. The molecule has 2 aromatic rings. The number of para-hydroxylation sites is 1. The standard InChI is InChI=1S/C19H21Cl2N3O4S.ClH/c1-29(26,27)24-16-5-3-2-4-13(16)19(25)23-17-11-22-8-9-28-18(17)12-6-7-14(20)15(21)10-12;/h2-7,10,17-18,22,24H,8-9,11H2,1H3,(H,23,25);1H/t17-,18+;/m1./s1. The van der Waals surface area contributed by atoms with E-state index in [1.165, 1.54) is 6.07 Å². The molecule has 0 bridgehead atoms. The molecule has 11 heteroatoms. The first kappa shape index (κ1) is 24.7. The Labute approximate surface area is 191 Å². The highest BCUT2D eigenvalue weighted by Crippen LogP contribution is 2.30. The molecule has 1 heterocycles. The van der Waals surface area contributed by atoms with Gasteiger partial charge in [-0.1, -0.05) is 41.4 Å². The average molecular weight is 495 g/mol. The smallest absolute Gasteiger partial charge is 0.253 e. The van der Waals surface area contributed by atoms with E-state index in [4.69, 9.17) is 27.9 Å². The van der Waals surface area contributed by atoms with Gasteiger partial charge >= 0.3 is 0 Å². The van der Waals surface area contributed by atoms with Crippen LogP contribution in [-0.4, -0.2) is 46.3 Å². The van der Waals surface area contributed by atoms with Gasteiger partial charge in [-0.2, -0.15) is 0 Å². The number of carbonyl (C=O) groups is 1. The van der Waals surface area contributed by atoms with Gasteiger partial charge in [-0.25, -0.2) is 8.42 Å². The van der Waals surface area contributed by atoms with Crippen molar-refractivity contribution in [3.05, 3.63) is 63.6 Å². The number of amides is 1. The van der Waals surface area contributed by atoms with Crippen LogP contribution in [0.2, 0.25) is 10.0 Å². The first-order valence-electron chi connectivity index (χ1n) is 8.89. The number of halogens is 3. The number of ether oxygens (including phenoxy) is 1. The highest BCUT2D eigenvalue weighted by molar-refractivity contribution is 7.92. The minimum atomic E-state index is -3.53. The lowest BCUT2D eigenvalue weighted by molar-refractivity contribution is 0.0417. The van der Waals surface area contributed by atoms with Gasteiger partial charge in [0.15, 0.2) is 0 Å². The predicted molar refractivity (Wildman–Crippen MR) is 121 cm³/mol. The SMILES string of the molecule is CS(=O)(=O)Nc1ccccc1C(=O)N[C@@H]1CNCCO[C@H]1c1ccc(Cl)c(Cl)c1.Cl. The third-order valence-electron chi connectivity index (χ3n) is 4.36. The molecular weight excluding hydrogens is 473 g/mol. The summed E-state index contributed by atoms with van der Waals surface area (Å²) >= 11 is 12.2. The second kappa shape index (κ2) is 10.7. The van der Waals surface area contributed by atoms with E-state index in [-0.39, 0.29) is 23.7 Å². The highest BCUT2D eigenvalue weighted by Gasteiger charge is 2.29. The number of nitrogens with one attached hydrogen (secondary N) is 3. The minimum Gasteiger partial charge on any atom is -0.370 e. The Balaban J connectivity index is 0.00000320. The predicted octanol–water partition coefficient (Wildman–Crippen LogP) is 3.25. The van der Waals surface area contributed by atoms with E-state index in [0.29, 0.717) is 29.7 Å². The molecule has 0 unspecified atom stereocenters. The third-order valence-corrected chi connectivity index (χ3v) is 5.69. The summed E-state index contributed by atoms with van der Waals surface area (Å²) in [7, 11) is -3.53. The number of hydrogen-bond acceptors (Lipinski definition) is 5. The number of hydrogen-bond donors (Lipinski definition) is 3. The molecule has 30 heavy (non-hydrogen) atoms. The molecule has 3 rings (SSSR count). The first-order valence-corrected chi connectivity index (χ1v) is 11.5. The summed E-state index contributed by atoms with van der Waals surface area (Å²) < 4.78 is 31.5. The molecule has 164 valence electrons. The van der Waals surface area contributed by atoms with Crippen molar-refractivity contribution in [2.24, 2.45) is 0 Å². The molecule has 0 aromatic heterocycles. The Hall–Kier alpha value is -1.55. The van der Waals surface area contributed by atoms with E-state index in [9.17, 15) is 13.2 Å². The lowest BCUT2D eigenvalue weighted by Gasteiger charge is -2.26. The Morgan fingerprint density at radius 3 is 2.60 bits per heavy atom. The van der Waals surface area contributed by atoms with Crippen molar-refractivity contribution < 1.29 is 17.9 Å². The minimum absolute atomic E-state index is 0. The molecule has 1 saturated heterocycles. The van der Waals surface area contributed by atoms with Crippen molar-refractivity contribution >= 4 is 57.2 Å². The van der Waals surface area contributed by atoms with Gasteiger partial charge in [-0.05, 0) is 29.8 Å². The fourth-order valence-electron chi connectivity index (χ4n) is 3.10. The van der Waals surface area contributed by atoms with Gasteiger partial charge in [0, 0.05) is 13.1 Å². The van der Waals surface area contributed by atoms with Gasteiger partial charge < -0.3 is 15.4 Å². The highest BCUT2D eigenvalue weighted by atomic mass is 35.5. The van der Waals surface area contributed by atoms with Gasteiger partial charge in [0.05, 0.1) is 40.2 Å². The second-order valence-electron chi connectivity index (χ2n) is 6.67. The molecule has 1 aliphatic rings. The van der Waals surface area contributed by atoms with Gasteiger partial charge in [0.25, 0.3) is 5.91 Å². The molecule has 7 nitrogen and oxygen atoms in total. The van der Waals surface area contributed by atoms with Crippen molar-refractivity contribution in [2.45, 2.75) is 12.1 Å². The van der Waals surface area contributed by atoms with Crippen molar-refractivity contribution in [1.82, 2.24) is 10.6 Å². The maximum absolute atomic E-state index is 13.0. The van der Waals surface area contributed by atoms with E-state index in [0.717, 1.165) is 11.8 Å². The first-order chi connectivity index (χ1) is 13.7. The molecule has 0 radical (unpaired) electrons. The molecule has 0 aliphatic carbocycles. The molecular formula is C19H22Cl3N3O4S. The van der Waals surface area contributed by atoms with Crippen LogP contribution in [0.25, 0.3) is 0 Å². The second-order valence-corrected chi connectivity index (χ2v) is 9.23. The number of sulfonamides is 1. The Kier molecular flexibility index (Phi) is 8.78. The van der Waals surface area contributed by atoms with Crippen LogP contribution >= 0.6 is 35.6 Å². The Morgan fingerprint density at radius 2 is 1.90 bits per heavy atom. The Morgan fingerprint density at radius 1 is 1.17 bits per heavy atom. The molecule has 0 spiro atoms. The van der Waals surface area contributed by atoms with E-state index < -0.39 is 28.1 Å². The summed E-state index contributed by atoms with van der Waals surface area (Å²) in [5.41, 5.74) is 1.21. The Bertz CT molecular complexity index is 1000. The van der Waals surface area contributed by atoms with E-state index in [2.05, 4.69) is 15.4 Å². The summed E-state index contributed by atoms with van der Waals surface area (Å²) in [6, 6.07) is 11.2. The van der Waals surface area contributed by atoms with E-state index >= 15 is 0 Å². The zero-order valence-electron chi connectivity index (χ0n) is 16.0. The number of anilines is 1. The molecule has 1 amide bonds. The van der Waals surface area contributed by atoms with Crippen molar-refractivity contribution in [1.29, 1.82) is 0 Å². The largest absolute Gasteiger partial charge is 0.370 e. The van der Waals surface area contributed by atoms with Crippen molar-refractivity contribution in [2.75, 3.05) is 30.7 Å². The van der Waals surface area contributed by atoms with Crippen molar-refractivity contribution in [3.63, 3.8) is 0 Å². The fourth-order valence-corrected chi connectivity index (χ4v) is 3.98. The summed E-state index contributed by atoms with van der Waals surface area (Å²) in [6.07, 6.45) is 0.587. The van der Waals surface area contributed by atoms with Gasteiger partial charge in [0.1, 0.15) is 6.10 Å². The van der Waals surface area contributed by atoms with Crippen LogP contribution in [0.4, 0.5) is 5.69 Å². The van der Waals surface area contributed by atoms with Crippen LogP contribution in [0.3, 0.4) is 0 Å². The normalized spacial score (nSPS) is 19.3. The van der Waals surface area contributed by atoms with Crippen LogP contribution < -0.4 is 15.4 Å². The lowest BCUT2D eigenvalue weighted by Crippen LogP contribution is -2.45. The van der Waals surface area contributed by atoms with E-state index in [1.54, 1.807) is 30.3 Å². The topological polar surface area (TPSA) is 96.5 Å². The number of rotatable bonds is 5. The molecule has 0 saturated carbocycles. The van der Waals surface area contributed by atoms with Gasteiger partial charge in [0.2, 0.25) is 10.0 Å². The molecule has 1 aliphatic heterocycles. The zero-order valence-corrected chi connectivity index (χ0v) is 19.2. The van der Waals surface area contributed by atoms with Crippen molar-refractivity contribution in [3.8, 4) is 0 Å². The maximum atomic E-state index is 13.0. The molecule has 2 atom stereocenters. The maximum Gasteiger partial charge on any atom is 0.253 e. The molecule has 1 fully saturated rings. The summed E-state index contributed by atoms with van der Waals surface area (Å²) in [4.78, 5) is 13.0. The van der Waals surface area contributed by atoms with Crippen LogP contribution in [0.5, 0.6) is 0 Å². The summed E-state index contributed by atoms with van der Waals surface area (Å²) in [6.45, 7) is 1.57. The quantitative estimate of drug-likeness (QED) is 0.593. The zero-order chi connectivity index (χ0) is 21.0. The lowest BCUT2D eigenvalue weighted by atomic mass is 10.0. The summed E-state index contributed by atoms with van der Waals surface area (Å²) in [5.74, 6) is -0.417. The molecule has 3 N–H and O–H groups in total. The van der Waals surface area contributed by atoms with Gasteiger partial charge in [-0.15, -0.1) is 12.4 Å². The van der Waals surface area contributed by atoms with Crippen LogP contribution in [0, 0.1) is 0 Å². The average Bonchev–Trinajstić information content (AvgIpc) is 2.88. The van der Waals surface area contributed by atoms with Crippen LogP contribution in [0.15, 0.2) is 42.5 Å². The fraction of sp³-hybridized carbons (Fsp3) is 0.316.